The molecule has 0 radical (unpaired) electrons. The first kappa shape index (κ1) is 15.8. The number of aryl methyl sites for hydroxylation is 1. The zero-order valence-electron chi connectivity index (χ0n) is 12.9. The highest BCUT2D eigenvalue weighted by atomic mass is 16.5. The van der Waals surface area contributed by atoms with Gasteiger partial charge in [-0.25, -0.2) is 0 Å². The summed E-state index contributed by atoms with van der Waals surface area (Å²) in [5.41, 5.74) is 6.85. The second-order valence-electron chi connectivity index (χ2n) is 5.82. The number of amides is 1. The van der Waals surface area contributed by atoms with E-state index in [1.54, 1.807) is 0 Å². The third-order valence-corrected chi connectivity index (χ3v) is 4.23. The molecule has 3 N–H and O–H groups in total. The van der Waals surface area contributed by atoms with Gasteiger partial charge in [-0.2, -0.15) is 0 Å². The van der Waals surface area contributed by atoms with Gasteiger partial charge in [-0.15, -0.1) is 0 Å². The minimum Gasteiger partial charge on any atom is -0.494 e. The smallest absolute Gasteiger partial charge is 0.220 e. The number of nitrogens with one attached hydrogen (secondary N) is 1. The van der Waals surface area contributed by atoms with Gasteiger partial charge in [-0.1, -0.05) is 25.0 Å². The van der Waals surface area contributed by atoms with Crippen LogP contribution in [-0.2, 0) is 11.2 Å². The zero-order chi connectivity index (χ0) is 15.1. The zero-order valence-corrected chi connectivity index (χ0v) is 12.9. The monoisotopic (exact) mass is 290 g/mol. The third kappa shape index (κ3) is 4.46. The summed E-state index contributed by atoms with van der Waals surface area (Å²) in [5, 5.41) is 3.16. The molecule has 0 heterocycles. The van der Waals surface area contributed by atoms with Crippen LogP contribution in [0.15, 0.2) is 24.3 Å². The fourth-order valence-corrected chi connectivity index (χ4v) is 2.97. The van der Waals surface area contributed by atoms with Crippen LogP contribution in [0.4, 0.5) is 0 Å². The van der Waals surface area contributed by atoms with E-state index in [0.29, 0.717) is 19.6 Å². The topological polar surface area (TPSA) is 64.3 Å². The van der Waals surface area contributed by atoms with Crippen LogP contribution in [0.25, 0.3) is 0 Å². The molecule has 0 aromatic heterocycles. The van der Waals surface area contributed by atoms with Gasteiger partial charge in [0, 0.05) is 13.0 Å². The number of benzene rings is 1. The molecule has 0 atom stereocenters. The van der Waals surface area contributed by atoms with Crippen molar-refractivity contribution < 1.29 is 9.53 Å². The van der Waals surface area contributed by atoms with Crippen molar-refractivity contribution in [1.29, 1.82) is 0 Å². The van der Waals surface area contributed by atoms with E-state index in [-0.39, 0.29) is 11.4 Å². The fraction of sp³-hybridized carbons (Fsp3) is 0.588. The molecule has 0 spiro atoms. The van der Waals surface area contributed by atoms with E-state index in [2.05, 4.69) is 5.32 Å². The van der Waals surface area contributed by atoms with Crippen molar-refractivity contribution in [3.63, 3.8) is 0 Å². The van der Waals surface area contributed by atoms with Gasteiger partial charge in [0.25, 0.3) is 0 Å². The minimum absolute atomic E-state index is 0.108. The van der Waals surface area contributed by atoms with Gasteiger partial charge < -0.3 is 15.8 Å². The number of carbonyl (C=O) groups is 1. The predicted octanol–water partition coefficient (Wildman–Crippen LogP) is 2.41. The summed E-state index contributed by atoms with van der Waals surface area (Å²) in [5.74, 6) is 0.981. The SMILES string of the molecule is CCOc1ccc(CCC(=O)NC2(CN)CCCC2)cc1. The van der Waals surface area contributed by atoms with E-state index in [9.17, 15) is 4.79 Å². The Labute approximate surface area is 127 Å². The van der Waals surface area contributed by atoms with Crippen molar-refractivity contribution in [3.05, 3.63) is 29.8 Å². The molecule has 0 bridgehead atoms. The Balaban J connectivity index is 1.80. The number of rotatable bonds is 7. The first-order valence-corrected chi connectivity index (χ1v) is 7.90. The molecule has 0 unspecified atom stereocenters. The molecule has 0 saturated heterocycles. The number of ether oxygens (including phenoxy) is 1. The van der Waals surface area contributed by atoms with E-state index < -0.39 is 0 Å². The second kappa shape index (κ2) is 7.46. The number of hydrogen-bond acceptors (Lipinski definition) is 3. The van der Waals surface area contributed by atoms with Gasteiger partial charge in [0.1, 0.15) is 5.75 Å². The van der Waals surface area contributed by atoms with Crippen LogP contribution >= 0.6 is 0 Å². The normalized spacial score (nSPS) is 16.7. The highest BCUT2D eigenvalue weighted by Crippen LogP contribution is 2.28. The number of nitrogens with two attached hydrogens (primary N) is 1. The van der Waals surface area contributed by atoms with E-state index in [1.807, 2.05) is 31.2 Å². The molecule has 116 valence electrons. The summed E-state index contributed by atoms with van der Waals surface area (Å²) < 4.78 is 5.41. The maximum absolute atomic E-state index is 12.1. The molecule has 1 aliphatic carbocycles. The lowest BCUT2D eigenvalue weighted by Crippen LogP contribution is -2.51. The van der Waals surface area contributed by atoms with Crippen LogP contribution in [0.3, 0.4) is 0 Å². The molecule has 1 fully saturated rings. The van der Waals surface area contributed by atoms with E-state index in [4.69, 9.17) is 10.5 Å². The first-order chi connectivity index (χ1) is 10.2. The lowest BCUT2D eigenvalue weighted by molar-refractivity contribution is -0.122. The minimum atomic E-state index is -0.143. The van der Waals surface area contributed by atoms with Crippen LogP contribution in [0.1, 0.15) is 44.6 Å². The Morgan fingerprint density at radius 2 is 1.95 bits per heavy atom. The quantitative estimate of drug-likeness (QED) is 0.810. The van der Waals surface area contributed by atoms with Crippen molar-refractivity contribution in [3.8, 4) is 5.75 Å². The summed E-state index contributed by atoms with van der Waals surface area (Å²) >= 11 is 0. The highest BCUT2D eigenvalue weighted by Gasteiger charge is 2.33. The van der Waals surface area contributed by atoms with Gasteiger partial charge in [0.2, 0.25) is 5.91 Å². The van der Waals surface area contributed by atoms with Crippen LogP contribution in [0.5, 0.6) is 5.75 Å². The Kier molecular flexibility index (Phi) is 5.62. The summed E-state index contributed by atoms with van der Waals surface area (Å²) in [6.45, 7) is 3.18. The molecule has 1 aromatic rings. The van der Waals surface area contributed by atoms with E-state index in [0.717, 1.165) is 43.4 Å². The average molecular weight is 290 g/mol. The molecule has 1 aliphatic rings. The lowest BCUT2D eigenvalue weighted by Gasteiger charge is -2.28. The van der Waals surface area contributed by atoms with E-state index in [1.165, 1.54) is 0 Å². The molecule has 1 aromatic carbocycles. The van der Waals surface area contributed by atoms with Crippen molar-refractivity contribution in [1.82, 2.24) is 5.32 Å². The van der Waals surface area contributed by atoms with Crippen LogP contribution in [-0.4, -0.2) is 24.6 Å². The summed E-state index contributed by atoms with van der Waals surface area (Å²) in [7, 11) is 0. The first-order valence-electron chi connectivity index (χ1n) is 7.90. The standard InChI is InChI=1S/C17H26N2O2/c1-2-21-15-8-5-14(6-9-15)7-10-16(20)19-17(13-18)11-3-4-12-17/h5-6,8-9H,2-4,7,10-13,18H2,1H3,(H,19,20). The van der Waals surface area contributed by atoms with Crippen LogP contribution in [0, 0.1) is 0 Å². The van der Waals surface area contributed by atoms with Crippen LogP contribution < -0.4 is 15.8 Å². The Morgan fingerprint density at radius 3 is 2.52 bits per heavy atom. The molecule has 21 heavy (non-hydrogen) atoms. The van der Waals surface area contributed by atoms with Gasteiger partial charge in [-0.05, 0) is 43.9 Å². The average Bonchev–Trinajstić information content (AvgIpc) is 2.96. The summed E-state index contributed by atoms with van der Waals surface area (Å²) in [6, 6.07) is 7.95. The van der Waals surface area contributed by atoms with Crippen LogP contribution in [0.2, 0.25) is 0 Å². The predicted molar refractivity (Wildman–Crippen MR) is 84.3 cm³/mol. The maximum atomic E-state index is 12.1. The van der Waals surface area contributed by atoms with Crippen molar-refractivity contribution >= 4 is 5.91 Å². The molecule has 0 aliphatic heterocycles. The van der Waals surface area contributed by atoms with Crippen molar-refractivity contribution in [2.24, 2.45) is 5.73 Å². The Morgan fingerprint density at radius 1 is 1.29 bits per heavy atom. The molecule has 1 amide bonds. The Hall–Kier alpha value is -1.55. The Bertz CT molecular complexity index is 450. The van der Waals surface area contributed by atoms with E-state index >= 15 is 0 Å². The molecule has 4 heteroatoms. The van der Waals surface area contributed by atoms with Crippen molar-refractivity contribution in [2.75, 3.05) is 13.2 Å². The molecule has 1 saturated carbocycles. The lowest BCUT2D eigenvalue weighted by atomic mass is 9.97. The van der Waals surface area contributed by atoms with Gasteiger partial charge in [-0.3, -0.25) is 4.79 Å². The highest BCUT2D eigenvalue weighted by molar-refractivity contribution is 5.77. The molecule has 2 rings (SSSR count). The molecular weight excluding hydrogens is 264 g/mol. The fourth-order valence-electron chi connectivity index (χ4n) is 2.97. The largest absolute Gasteiger partial charge is 0.494 e. The second-order valence-corrected chi connectivity index (χ2v) is 5.82. The number of hydrogen-bond donors (Lipinski definition) is 2. The van der Waals surface area contributed by atoms with Crippen molar-refractivity contribution in [2.45, 2.75) is 51.0 Å². The maximum Gasteiger partial charge on any atom is 0.220 e. The third-order valence-electron chi connectivity index (χ3n) is 4.23. The molecule has 4 nitrogen and oxygen atoms in total. The summed E-state index contributed by atoms with van der Waals surface area (Å²) in [4.78, 5) is 12.1. The van der Waals surface area contributed by atoms with Gasteiger partial charge >= 0.3 is 0 Å². The summed E-state index contributed by atoms with van der Waals surface area (Å²) in [6.07, 6.45) is 5.61. The molecular formula is C17H26N2O2. The van der Waals surface area contributed by atoms with Gasteiger partial charge in [0.15, 0.2) is 0 Å². The number of carbonyl (C=O) groups excluding carboxylic acids is 1. The van der Waals surface area contributed by atoms with Gasteiger partial charge in [0.05, 0.1) is 12.1 Å².